The van der Waals surface area contributed by atoms with Crippen molar-refractivity contribution in [2.45, 2.75) is 44.9 Å². The molecule has 0 unspecified atom stereocenters. The summed E-state index contributed by atoms with van der Waals surface area (Å²) in [6, 6.07) is 7.85. The van der Waals surface area contributed by atoms with Crippen LogP contribution in [0.15, 0.2) is 29.3 Å². The molecule has 0 heterocycles. The molecule has 0 aromatic heterocycles. The molecule has 5 heteroatoms. The molecular weight excluding hydrogens is 324 g/mol. The fourth-order valence-electron chi connectivity index (χ4n) is 3.53. The molecule has 0 radical (unpaired) electrons. The Kier molecular flexibility index (Phi) is 8.45. The van der Waals surface area contributed by atoms with Crippen molar-refractivity contribution in [3.63, 3.8) is 0 Å². The first kappa shape index (κ1) is 20.3. The van der Waals surface area contributed by atoms with Gasteiger partial charge >= 0.3 is 0 Å². The maximum atomic E-state index is 12.1. The third-order valence-electron chi connectivity index (χ3n) is 5.08. The van der Waals surface area contributed by atoms with E-state index in [1.54, 1.807) is 19.0 Å². The Hall–Kier alpha value is -2.04. The van der Waals surface area contributed by atoms with Crippen molar-refractivity contribution in [3.8, 4) is 0 Å². The second kappa shape index (κ2) is 10.8. The number of rotatable bonds is 7. The summed E-state index contributed by atoms with van der Waals surface area (Å²) in [5.41, 5.74) is 1.89. The average molecular weight is 359 g/mol. The summed E-state index contributed by atoms with van der Waals surface area (Å²) in [6.07, 6.45) is 9.06. The predicted molar refractivity (Wildman–Crippen MR) is 109 cm³/mol. The molecule has 0 aliphatic heterocycles. The van der Waals surface area contributed by atoms with E-state index >= 15 is 0 Å². The smallest absolute Gasteiger partial charge is 0.253 e. The number of nitrogens with zero attached hydrogens (tertiary/aromatic N) is 2. The second-order valence-electron chi connectivity index (χ2n) is 7.37. The van der Waals surface area contributed by atoms with Crippen molar-refractivity contribution >= 4 is 11.9 Å². The standard InChI is InChI=1S/C21H34N4O/c1-22-21(23-14-12-17-8-5-4-6-9-17)24-15-13-18-10-7-11-19(16-18)20(26)25(2)3/h7,10-11,16-17H,4-6,8-9,12-15H2,1-3H3,(H2,22,23,24). The molecule has 0 bridgehead atoms. The Morgan fingerprint density at radius 3 is 2.58 bits per heavy atom. The zero-order valence-electron chi connectivity index (χ0n) is 16.6. The van der Waals surface area contributed by atoms with Crippen LogP contribution in [0.3, 0.4) is 0 Å². The number of benzene rings is 1. The molecule has 5 nitrogen and oxygen atoms in total. The number of hydrogen-bond donors (Lipinski definition) is 2. The van der Waals surface area contributed by atoms with Crippen LogP contribution in [0.25, 0.3) is 0 Å². The van der Waals surface area contributed by atoms with Gasteiger partial charge in [-0.05, 0) is 36.5 Å². The molecule has 1 aliphatic rings. The molecule has 2 rings (SSSR count). The molecule has 1 saturated carbocycles. The van der Waals surface area contributed by atoms with Gasteiger partial charge in [-0.2, -0.15) is 0 Å². The lowest BCUT2D eigenvalue weighted by atomic mass is 9.87. The van der Waals surface area contributed by atoms with Crippen molar-refractivity contribution < 1.29 is 4.79 Å². The quantitative estimate of drug-likeness (QED) is 0.582. The summed E-state index contributed by atoms with van der Waals surface area (Å²) in [5.74, 6) is 1.78. The van der Waals surface area contributed by atoms with Crippen LogP contribution in [-0.4, -0.2) is 51.0 Å². The fourth-order valence-corrected chi connectivity index (χ4v) is 3.53. The summed E-state index contributed by atoms with van der Waals surface area (Å²) in [7, 11) is 5.37. The predicted octanol–water partition coefficient (Wildman–Crippen LogP) is 3.07. The Bertz CT molecular complexity index is 591. The van der Waals surface area contributed by atoms with Gasteiger partial charge in [0, 0.05) is 39.8 Å². The van der Waals surface area contributed by atoms with Crippen LogP contribution < -0.4 is 10.6 Å². The zero-order chi connectivity index (χ0) is 18.8. The minimum atomic E-state index is 0.0417. The molecule has 1 aromatic carbocycles. The van der Waals surface area contributed by atoms with Crippen LogP contribution in [0.2, 0.25) is 0 Å². The lowest BCUT2D eigenvalue weighted by Crippen LogP contribution is -2.39. The third-order valence-corrected chi connectivity index (χ3v) is 5.08. The van der Waals surface area contributed by atoms with Gasteiger partial charge in [0.2, 0.25) is 0 Å². The Labute approximate surface area is 158 Å². The summed E-state index contributed by atoms with van der Waals surface area (Å²) < 4.78 is 0. The van der Waals surface area contributed by atoms with Crippen molar-refractivity contribution in [2.24, 2.45) is 10.9 Å². The first-order chi connectivity index (χ1) is 12.6. The van der Waals surface area contributed by atoms with Gasteiger partial charge in [0.25, 0.3) is 5.91 Å². The maximum absolute atomic E-state index is 12.1. The van der Waals surface area contributed by atoms with E-state index in [4.69, 9.17) is 0 Å². The van der Waals surface area contributed by atoms with E-state index in [9.17, 15) is 4.79 Å². The van der Waals surface area contributed by atoms with Gasteiger partial charge in [0.05, 0.1) is 0 Å². The first-order valence-electron chi connectivity index (χ1n) is 9.85. The fraction of sp³-hybridized carbons (Fsp3) is 0.619. The summed E-state index contributed by atoms with van der Waals surface area (Å²) >= 11 is 0. The molecular formula is C21H34N4O. The van der Waals surface area contributed by atoms with E-state index < -0.39 is 0 Å². The normalized spacial score (nSPS) is 15.6. The van der Waals surface area contributed by atoms with Crippen molar-refractivity contribution in [1.82, 2.24) is 15.5 Å². The Morgan fingerprint density at radius 2 is 1.88 bits per heavy atom. The minimum absolute atomic E-state index is 0.0417. The number of amides is 1. The number of nitrogens with one attached hydrogen (secondary N) is 2. The van der Waals surface area contributed by atoms with E-state index in [0.29, 0.717) is 0 Å². The summed E-state index contributed by atoms with van der Waals surface area (Å²) in [5, 5.41) is 6.80. The number of carbonyl (C=O) groups is 1. The van der Waals surface area contributed by atoms with E-state index in [-0.39, 0.29) is 5.91 Å². The number of aliphatic imine (C=N–C) groups is 1. The summed E-state index contributed by atoms with van der Waals surface area (Å²) in [6.45, 7) is 1.78. The largest absolute Gasteiger partial charge is 0.356 e. The number of guanidine groups is 1. The van der Waals surface area contributed by atoms with E-state index in [2.05, 4.69) is 21.7 Å². The van der Waals surface area contributed by atoms with Crippen LogP contribution in [-0.2, 0) is 6.42 Å². The van der Waals surface area contributed by atoms with Crippen LogP contribution in [0, 0.1) is 5.92 Å². The van der Waals surface area contributed by atoms with Crippen LogP contribution in [0.1, 0.15) is 54.4 Å². The molecule has 1 fully saturated rings. The highest BCUT2D eigenvalue weighted by Crippen LogP contribution is 2.25. The van der Waals surface area contributed by atoms with Crippen LogP contribution in [0.4, 0.5) is 0 Å². The molecule has 144 valence electrons. The van der Waals surface area contributed by atoms with Crippen molar-refractivity contribution in [3.05, 3.63) is 35.4 Å². The van der Waals surface area contributed by atoms with E-state index in [0.717, 1.165) is 42.5 Å². The number of carbonyl (C=O) groups excluding carboxylic acids is 1. The Morgan fingerprint density at radius 1 is 1.15 bits per heavy atom. The number of hydrogen-bond acceptors (Lipinski definition) is 2. The average Bonchev–Trinajstić information content (AvgIpc) is 2.67. The van der Waals surface area contributed by atoms with Crippen molar-refractivity contribution in [2.75, 3.05) is 34.2 Å². The van der Waals surface area contributed by atoms with E-state index in [1.807, 2.05) is 25.2 Å². The first-order valence-corrected chi connectivity index (χ1v) is 9.85. The molecule has 1 aliphatic carbocycles. The molecule has 0 spiro atoms. The van der Waals surface area contributed by atoms with Crippen LogP contribution in [0.5, 0.6) is 0 Å². The topological polar surface area (TPSA) is 56.7 Å². The van der Waals surface area contributed by atoms with Gasteiger partial charge < -0.3 is 15.5 Å². The molecule has 1 amide bonds. The van der Waals surface area contributed by atoms with Crippen LogP contribution >= 0.6 is 0 Å². The molecule has 0 atom stereocenters. The highest BCUT2D eigenvalue weighted by atomic mass is 16.2. The van der Waals surface area contributed by atoms with Gasteiger partial charge in [-0.15, -0.1) is 0 Å². The van der Waals surface area contributed by atoms with Crippen molar-refractivity contribution in [1.29, 1.82) is 0 Å². The highest BCUT2D eigenvalue weighted by Gasteiger charge is 2.13. The van der Waals surface area contributed by atoms with E-state index in [1.165, 1.54) is 38.5 Å². The lowest BCUT2D eigenvalue weighted by Gasteiger charge is -2.22. The minimum Gasteiger partial charge on any atom is -0.356 e. The SMILES string of the molecule is CN=C(NCCc1cccc(C(=O)N(C)C)c1)NCCC1CCCCC1. The van der Waals surface area contributed by atoms with Gasteiger partial charge in [-0.3, -0.25) is 9.79 Å². The monoisotopic (exact) mass is 358 g/mol. The lowest BCUT2D eigenvalue weighted by molar-refractivity contribution is 0.0827. The van der Waals surface area contributed by atoms with Gasteiger partial charge in [-0.25, -0.2) is 0 Å². The molecule has 26 heavy (non-hydrogen) atoms. The molecule has 2 N–H and O–H groups in total. The maximum Gasteiger partial charge on any atom is 0.253 e. The van der Waals surface area contributed by atoms with Gasteiger partial charge in [0.1, 0.15) is 0 Å². The molecule has 1 aromatic rings. The summed E-state index contributed by atoms with van der Waals surface area (Å²) in [4.78, 5) is 18.0. The van der Waals surface area contributed by atoms with Gasteiger partial charge in [-0.1, -0.05) is 44.2 Å². The second-order valence-corrected chi connectivity index (χ2v) is 7.37. The van der Waals surface area contributed by atoms with Gasteiger partial charge in [0.15, 0.2) is 5.96 Å². The molecule has 0 saturated heterocycles. The highest BCUT2D eigenvalue weighted by molar-refractivity contribution is 5.94. The Balaban J connectivity index is 1.71. The third kappa shape index (κ3) is 6.70. The zero-order valence-corrected chi connectivity index (χ0v) is 16.6.